The Morgan fingerprint density at radius 1 is 1.12 bits per heavy atom. The van der Waals surface area contributed by atoms with Gasteiger partial charge in [-0.2, -0.15) is 13.2 Å². The highest BCUT2D eigenvalue weighted by molar-refractivity contribution is 5.88. The Morgan fingerprint density at radius 3 is 2.57 bits per heavy atom. The van der Waals surface area contributed by atoms with Crippen LogP contribution >= 0.6 is 0 Å². The van der Waals surface area contributed by atoms with Gasteiger partial charge in [0, 0.05) is 23.1 Å². The van der Waals surface area contributed by atoms with E-state index in [1.165, 1.54) is 18.3 Å². The SMILES string of the molecule is O=C(O)c1ncc(OCC2CC3(CC(/C=C/c4c(-c5ccccc5C(F)(F)F)noc4C4CC4)C3)C2)cc1OC1CC1. The molecule has 0 bridgehead atoms. The zero-order chi connectivity index (χ0) is 29.1. The van der Waals surface area contributed by atoms with Crippen LogP contribution in [0.4, 0.5) is 13.2 Å². The lowest BCUT2D eigenvalue weighted by Crippen LogP contribution is -2.48. The minimum absolute atomic E-state index is 0.0474. The molecule has 4 aliphatic carbocycles. The number of aromatic carboxylic acids is 1. The molecular weight excluding hydrogens is 549 g/mol. The topological polar surface area (TPSA) is 94.7 Å². The summed E-state index contributed by atoms with van der Waals surface area (Å²) in [6.07, 6.45) is 8.97. The van der Waals surface area contributed by atoms with Crippen molar-refractivity contribution >= 4 is 12.0 Å². The average molecular weight is 581 g/mol. The van der Waals surface area contributed by atoms with E-state index in [-0.39, 0.29) is 40.1 Å². The third-order valence-corrected chi connectivity index (χ3v) is 8.89. The number of alkyl halides is 3. The van der Waals surface area contributed by atoms with E-state index in [0.717, 1.165) is 57.4 Å². The first-order valence-corrected chi connectivity index (χ1v) is 14.5. The van der Waals surface area contributed by atoms with Crippen molar-refractivity contribution in [2.24, 2.45) is 17.3 Å². The van der Waals surface area contributed by atoms with Crippen molar-refractivity contribution in [2.75, 3.05) is 6.61 Å². The highest BCUT2D eigenvalue weighted by atomic mass is 19.4. The van der Waals surface area contributed by atoms with Gasteiger partial charge in [0.2, 0.25) is 0 Å². The van der Waals surface area contributed by atoms with Crippen LogP contribution in [0.15, 0.2) is 47.1 Å². The van der Waals surface area contributed by atoms with Crippen molar-refractivity contribution in [3.63, 3.8) is 0 Å². The number of hydrogen-bond donors (Lipinski definition) is 1. The first-order valence-electron chi connectivity index (χ1n) is 14.5. The molecule has 4 fully saturated rings. The van der Waals surface area contributed by atoms with Crippen molar-refractivity contribution in [3.05, 3.63) is 65.2 Å². The van der Waals surface area contributed by atoms with Gasteiger partial charge in [0.25, 0.3) is 0 Å². The second kappa shape index (κ2) is 10.2. The summed E-state index contributed by atoms with van der Waals surface area (Å²) in [5.74, 6) is 1.31. The van der Waals surface area contributed by atoms with Crippen LogP contribution < -0.4 is 9.47 Å². The van der Waals surface area contributed by atoms with E-state index in [4.69, 9.17) is 14.0 Å². The van der Waals surface area contributed by atoms with E-state index in [9.17, 15) is 23.1 Å². The molecule has 0 unspecified atom stereocenters. The van der Waals surface area contributed by atoms with Gasteiger partial charge in [-0.15, -0.1) is 0 Å². The highest BCUT2D eigenvalue weighted by Crippen LogP contribution is 2.61. The summed E-state index contributed by atoms with van der Waals surface area (Å²) in [4.78, 5) is 15.5. The second-order valence-corrected chi connectivity index (χ2v) is 12.4. The molecule has 0 atom stereocenters. The third kappa shape index (κ3) is 5.39. The lowest BCUT2D eigenvalue weighted by molar-refractivity contribution is -0.137. The van der Waals surface area contributed by atoms with Crippen molar-refractivity contribution in [1.29, 1.82) is 0 Å². The molecule has 2 aromatic heterocycles. The van der Waals surface area contributed by atoms with Gasteiger partial charge >= 0.3 is 12.1 Å². The molecule has 0 aliphatic heterocycles. The van der Waals surface area contributed by atoms with E-state index in [2.05, 4.69) is 16.2 Å². The van der Waals surface area contributed by atoms with Gasteiger partial charge in [0.15, 0.2) is 11.4 Å². The number of carboxylic acids is 1. The molecule has 4 saturated carbocycles. The summed E-state index contributed by atoms with van der Waals surface area (Å²) in [5, 5.41) is 13.5. The second-order valence-electron chi connectivity index (χ2n) is 12.4. The molecule has 0 radical (unpaired) electrons. The van der Waals surface area contributed by atoms with Crippen LogP contribution in [0.5, 0.6) is 11.5 Å². The van der Waals surface area contributed by atoms with Gasteiger partial charge in [-0.1, -0.05) is 35.5 Å². The monoisotopic (exact) mass is 580 g/mol. The molecule has 10 heteroatoms. The Kier molecular flexibility index (Phi) is 6.55. The highest BCUT2D eigenvalue weighted by Gasteiger charge is 2.52. The van der Waals surface area contributed by atoms with E-state index >= 15 is 0 Å². The zero-order valence-electron chi connectivity index (χ0n) is 22.9. The van der Waals surface area contributed by atoms with E-state index in [1.807, 2.05) is 6.08 Å². The van der Waals surface area contributed by atoms with Gasteiger partial charge in [-0.3, -0.25) is 0 Å². The Bertz CT molecular complexity index is 1530. The van der Waals surface area contributed by atoms with Gasteiger partial charge in [-0.05, 0) is 74.7 Å². The summed E-state index contributed by atoms with van der Waals surface area (Å²) in [6.45, 7) is 0.534. The molecule has 0 amide bonds. The van der Waals surface area contributed by atoms with E-state index < -0.39 is 17.7 Å². The first kappa shape index (κ1) is 27.0. The maximum Gasteiger partial charge on any atom is 0.417 e. The molecule has 1 aromatic carbocycles. The average Bonchev–Trinajstić information content (AvgIpc) is 3.85. The maximum absolute atomic E-state index is 13.7. The molecular formula is C32H31F3N2O5. The number of halogens is 3. The molecule has 0 saturated heterocycles. The number of pyridine rings is 1. The molecule has 3 aromatic rings. The zero-order valence-corrected chi connectivity index (χ0v) is 22.9. The van der Waals surface area contributed by atoms with Gasteiger partial charge in [0.05, 0.1) is 24.5 Å². The fourth-order valence-corrected chi connectivity index (χ4v) is 6.61. The number of carbonyl (C=O) groups is 1. The number of rotatable bonds is 10. The number of benzene rings is 1. The number of hydrogen-bond acceptors (Lipinski definition) is 6. The summed E-state index contributed by atoms with van der Waals surface area (Å²) < 4.78 is 58.5. The normalized spacial score (nSPS) is 25.3. The number of carboxylic acid groups (broad SMARTS) is 1. The summed E-state index contributed by atoms with van der Waals surface area (Å²) in [5.41, 5.74) is 0.453. The van der Waals surface area contributed by atoms with Gasteiger partial charge < -0.3 is 19.1 Å². The molecule has 7 nitrogen and oxygen atoms in total. The van der Waals surface area contributed by atoms with Crippen LogP contribution in [-0.2, 0) is 6.18 Å². The summed E-state index contributed by atoms with van der Waals surface area (Å²) >= 11 is 0. The van der Waals surface area contributed by atoms with Crippen molar-refractivity contribution in [3.8, 4) is 22.8 Å². The number of nitrogens with zero attached hydrogens (tertiary/aromatic N) is 2. The molecule has 1 spiro atoms. The molecule has 4 aliphatic rings. The lowest BCUT2D eigenvalue weighted by Gasteiger charge is -2.57. The minimum Gasteiger partial charge on any atom is -0.492 e. The fourth-order valence-electron chi connectivity index (χ4n) is 6.61. The predicted molar refractivity (Wildman–Crippen MR) is 146 cm³/mol. The van der Waals surface area contributed by atoms with Crippen LogP contribution in [0, 0.1) is 17.3 Å². The van der Waals surface area contributed by atoms with Crippen LogP contribution in [0.1, 0.15) is 84.7 Å². The van der Waals surface area contributed by atoms with Crippen LogP contribution in [0.25, 0.3) is 17.3 Å². The quantitative estimate of drug-likeness (QED) is 0.262. The standard InChI is InChI=1S/C32H31F3N2O5/c33-32(34,35)25-4-2-1-3-23(25)27-24(29(42-37-27)20-6-7-20)10-5-18-12-31(13-18)14-19(15-31)17-40-22-11-26(41-21-8-9-21)28(30(38)39)36-16-22/h1-5,10-11,16,18-21H,6-9,12-15,17H2,(H,38,39)/b10-5+. The van der Waals surface area contributed by atoms with Crippen LogP contribution in [-0.4, -0.2) is 33.9 Å². The van der Waals surface area contributed by atoms with Crippen molar-refractivity contribution in [1.82, 2.24) is 10.1 Å². The molecule has 1 N–H and O–H groups in total. The largest absolute Gasteiger partial charge is 0.492 e. The minimum atomic E-state index is -4.48. The Balaban J connectivity index is 0.964. The Morgan fingerprint density at radius 2 is 1.88 bits per heavy atom. The molecule has 220 valence electrons. The van der Waals surface area contributed by atoms with Crippen molar-refractivity contribution < 1.29 is 37.1 Å². The van der Waals surface area contributed by atoms with E-state index in [0.29, 0.717) is 35.5 Å². The fraction of sp³-hybridized carbons (Fsp3) is 0.469. The molecule has 2 heterocycles. The Hall–Kier alpha value is -3.82. The van der Waals surface area contributed by atoms with E-state index in [1.54, 1.807) is 12.1 Å². The predicted octanol–water partition coefficient (Wildman–Crippen LogP) is 7.77. The van der Waals surface area contributed by atoms with Crippen molar-refractivity contribution in [2.45, 2.75) is 69.6 Å². The van der Waals surface area contributed by atoms with Crippen LogP contribution in [0.2, 0.25) is 0 Å². The van der Waals surface area contributed by atoms with Gasteiger partial charge in [-0.25, -0.2) is 9.78 Å². The molecule has 42 heavy (non-hydrogen) atoms. The summed E-state index contributed by atoms with van der Waals surface area (Å²) in [6, 6.07) is 7.15. The smallest absolute Gasteiger partial charge is 0.417 e. The van der Waals surface area contributed by atoms with Crippen LogP contribution in [0.3, 0.4) is 0 Å². The third-order valence-electron chi connectivity index (χ3n) is 8.89. The number of ether oxygens (including phenoxy) is 2. The maximum atomic E-state index is 13.7. The number of allylic oxidation sites excluding steroid dienone is 1. The number of aromatic nitrogens is 2. The Labute approximate surface area is 240 Å². The first-order chi connectivity index (χ1) is 20.2. The van der Waals surface area contributed by atoms with Gasteiger partial charge in [0.1, 0.15) is 17.2 Å². The lowest BCUT2D eigenvalue weighted by atomic mass is 9.48. The molecule has 7 rings (SSSR count). The summed E-state index contributed by atoms with van der Waals surface area (Å²) in [7, 11) is 0.